The van der Waals surface area contributed by atoms with Crippen LogP contribution in [0.25, 0.3) is 176 Å². The highest BCUT2D eigenvalue weighted by Crippen LogP contribution is 2.56. The highest BCUT2D eigenvalue weighted by Gasteiger charge is 2.34. The molecule has 0 spiro atoms. The lowest BCUT2D eigenvalue weighted by Crippen LogP contribution is -2.19. The maximum absolute atomic E-state index is 2.63. The number of hydrogen-bond acceptors (Lipinski definition) is 2. The van der Waals surface area contributed by atoms with Gasteiger partial charge in [0.1, 0.15) is 0 Å². The van der Waals surface area contributed by atoms with Gasteiger partial charge in [0, 0.05) is 88.6 Å². The van der Waals surface area contributed by atoms with Gasteiger partial charge in [0.05, 0.1) is 55.5 Å². The van der Waals surface area contributed by atoms with E-state index in [0.29, 0.717) is 0 Å². The van der Waals surface area contributed by atoms with Crippen LogP contribution < -0.4 is 9.80 Å². The summed E-state index contributed by atoms with van der Waals surface area (Å²) in [7, 11) is 0. The van der Waals surface area contributed by atoms with E-state index in [1.165, 1.54) is 65.6 Å². The van der Waals surface area contributed by atoms with Gasteiger partial charge in [-0.1, -0.05) is 362 Å². The van der Waals surface area contributed by atoms with Gasteiger partial charge >= 0.3 is 0 Å². The number of fused-ring (bicyclic) bond motifs is 16. The number of nitrogens with zero attached hydrogens (tertiary/aromatic N) is 6. The van der Waals surface area contributed by atoms with Crippen molar-refractivity contribution in [3.05, 3.63) is 435 Å². The molecule has 638 valence electrons. The van der Waals surface area contributed by atoms with Crippen molar-refractivity contribution >= 4 is 143 Å². The van der Waals surface area contributed by atoms with E-state index < -0.39 is 0 Å². The molecule has 0 radical (unpaired) electrons. The largest absolute Gasteiger partial charge is 0.309 e. The number of benzene rings is 19. The third kappa shape index (κ3) is 13.3. The quantitative estimate of drug-likeness (QED) is 0.101. The van der Waals surface area contributed by atoms with Gasteiger partial charge in [0.2, 0.25) is 0 Å². The Kier molecular flexibility index (Phi) is 19.1. The zero-order valence-electron chi connectivity index (χ0n) is 76.9. The fraction of sp³-hybridized carbons (Fsp3) is 0.127. The Hall–Kier alpha value is -15.5. The van der Waals surface area contributed by atoms with Gasteiger partial charge in [-0.05, 0) is 243 Å². The summed E-state index contributed by atoms with van der Waals surface area (Å²) in [5, 5.41) is 14.0. The molecule has 0 unspecified atom stereocenters. The highest BCUT2D eigenvalue weighted by atomic mass is 15.2. The van der Waals surface area contributed by atoms with Crippen LogP contribution in [0.5, 0.6) is 0 Å². The molecule has 0 N–H and O–H groups in total. The Morgan fingerprint density at radius 2 is 0.462 bits per heavy atom. The Bertz CT molecular complexity index is 7950. The van der Waals surface area contributed by atoms with Crippen LogP contribution in [0.1, 0.15) is 105 Å². The summed E-state index contributed by atoms with van der Waals surface area (Å²) in [6.07, 6.45) is 0. The number of anilines is 6. The number of para-hydroxylation sites is 8. The molecule has 0 aliphatic heterocycles. The first-order valence-electron chi connectivity index (χ1n) is 46.5. The molecule has 6 heteroatoms. The van der Waals surface area contributed by atoms with Crippen LogP contribution in [0, 0.1) is 0 Å². The van der Waals surface area contributed by atoms with Crippen molar-refractivity contribution in [3.63, 3.8) is 0 Å². The van der Waals surface area contributed by atoms with Crippen molar-refractivity contribution in [3.8, 4) is 67.3 Å². The number of rotatable bonds is 14. The van der Waals surface area contributed by atoms with Gasteiger partial charge in [-0.25, -0.2) is 0 Å². The maximum Gasteiger partial charge on any atom is 0.0783 e. The van der Waals surface area contributed by atoms with E-state index in [1.807, 2.05) is 0 Å². The van der Waals surface area contributed by atoms with Crippen LogP contribution in [-0.4, -0.2) is 18.3 Å². The van der Waals surface area contributed by atoms with Crippen molar-refractivity contribution in [1.29, 1.82) is 0 Å². The Labute approximate surface area is 772 Å². The molecule has 0 amide bonds. The van der Waals surface area contributed by atoms with Gasteiger partial charge in [-0.2, -0.15) is 0 Å². The SMILES string of the molecule is CC(C)(C)c1cc(N(c2ccc3c(-c4ccccc4-c4ccccc4)c4cc(N(c5cc(C(C)(C)C)cc(C(C)(C)C)c5)c5cccc6c7c(ccc8c9ccccc9n(-c9ccccc9)c87)n(-c7ccccc7)c56)ccc4c(-c4ccccc4-c4ccccc4)c3c2)c2cccc3c4c(ccc5c6ccccc6n(-c6ccccc6)c54)n(-c4ccccc4)c23)cc(C(C)(C)C)c1. The average molecular weight is 1700 g/mol. The van der Waals surface area contributed by atoms with Gasteiger partial charge < -0.3 is 28.1 Å². The van der Waals surface area contributed by atoms with Gasteiger partial charge in [0.15, 0.2) is 0 Å². The molecule has 0 fully saturated rings. The second kappa shape index (κ2) is 31.1. The molecule has 4 heterocycles. The van der Waals surface area contributed by atoms with Crippen molar-refractivity contribution in [1.82, 2.24) is 18.3 Å². The van der Waals surface area contributed by atoms with E-state index in [1.54, 1.807) is 0 Å². The molecule has 0 saturated heterocycles. The van der Waals surface area contributed by atoms with Gasteiger partial charge in [0.25, 0.3) is 0 Å². The fourth-order valence-corrected chi connectivity index (χ4v) is 21.2. The molecule has 0 atom stereocenters. The third-order valence-electron chi connectivity index (χ3n) is 27.6. The first kappa shape index (κ1) is 81.0. The van der Waals surface area contributed by atoms with E-state index in [9.17, 15) is 0 Å². The molecule has 0 bridgehead atoms. The van der Waals surface area contributed by atoms with Gasteiger partial charge in [-0.15, -0.1) is 0 Å². The monoisotopic (exact) mass is 1700 g/mol. The standard InChI is InChI=1S/C126H104N6/c1-123(2,3)83-73-84(124(4,5)6)76-93(75-83)127(113-63-39-59-105-117-111(131(119(105)113)89-49-27-17-28-50-89)71-69-103-97-55-35-37-61-109(97)129(121(103)117)87-45-23-15-24-46-87)91-65-67-101-107(79-91)115(99-57-33-31-53-95(99)81-41-19-13-20-42-81)102-68-66-92(80-108(102)116(101)100-58-34-32-54-96(100)82-43-21-14-22-44-82)128(94-77-85(125(7,8)9)74-86(78-94)126(10,11)12)114-64-40-60-106-118-112(132(120(106)114)90-51-29-18-30-52-90)72-70-104-98-56-36-38-62-110(98)130(122(104)118)88-47-25-16-26-48-88/h13-80H,1-12H3. The summed E-state index contributed by atoms with van der Waals surface area (Å²) in [6.45, 7) is 28.4. The fourth-order valence-electron chi connectivity index (χ4n) is 21.2. The van der Waals surface area contributed by atoms with E-state index in [-0.39, 0.29) is 21.7 Å². The molecular formula is C126H104N6. The summed E-state index contributed by atoms with van der Waals surface area (Å²) >= 11 is 0. The molecule has 23 rings (SSSR count). The summed E-state index contributed by atoms with van der Waals surface area (Å²) in [4.78, 5) is 5.26. The molecule has 0 aliphatic rings. The predicted octanol–water partition coefficient (Wildman–Crippen LogP) is 35.2. The minimum absolute atomic E-state index is 0.232. The first-order chi connectivity index (χ1) is 64.1. The third-order valence-corrected chi connectivity index (χ3v) is 27.6. The molecule has 4 aromatic heterocycles. The van der Waals surface area contributed by atoms with Crippen molar-refractivity contribution < 1.29 is 0 Å². The van der Waals surface area contributed by atoms with E-state index in [4.69, 9.17) is 0 Å². The van der Waals surface area contributed by atoms with Crippen molar-refractivity contribution in [2.24, 2.45) is 0 Å². The second-order valence-electron chi connectivity index (χ2n) is 40.0. The normalized spacial score (nSPS) is 12.4. The summed E-state index contributed by atoms with van der Waals surface area (Å²) in [6, 6.07) is 156. The topological polar surface area (TPSA) is 26.2 Å². The van der Waals surface area contributed by atoms with Crippen LogP contribution in [-0.2, 0) is 21.7 Å². The molecule has 19 aromatic carbocycles. The lowest BCUT2D eigenvalue weighted by atomic mass is 9.80. The summed E-state index contributed by atoms with van der Waals surface area (Å²) in [5.41, 5.74) is 33.0. The minimum atomic E-state index is -0.232. The lowest BCUT2D eigenvalue weighted by molar-refractivity contribution is 0.568. The Morgan fingerprint density at radius 1 is 0.182 bits per heavy atom. The van der Waals surface area contributed by atoms with E-state index in [2.05, 4.69) is 524 Å². The summed E-state index contributed by atoms with van der Waals surface area (Å²) < 4.78 is 10.1. The minimum Gasteiger partial charge on any atom is -0.309 e. The molecule has 23 aromatic rings. The first-order valence-corrected chi connectivity index (χ1v) is 46.5. The van der Waals surface area contributed by atoms with Crippen LogP contribution >= 0.6 is 0 Å². The molecule has 6 nitrogen and oxygen atoms in total. The predicted molar refractivity (Wildman–Crippen MR) is 565 cm³/mol. The maximum atomic E-state index is 2.63. The summed E-state index contributed by atoms with van der Waals surface area (Å²) in [5.74, 6) is 0. The highest BCUT2D eigenvalue weighted by molar-refractivity contribution is 6.31. The number of aromatic nitrogens is 4. The molecular weight excluding hydrogens is 1600 g/mol. The molecule has 0 aliphatic carbocycles. The van der Waals surface area contributed by atoms with E-state index >= 15 is 0 Å². The Balaban J connectivity index is 0.880. The average Bonchev–Trinajstić information content (AvgIpc) is 1.66. The molecule has 0 saturated carbocycles. The van der Waals surface area contributed by atoms with Crippen LogP contribution in [0.15, 0.2) is 413 Å². The number of hydrogen-bond donors (Lipinski definition) is 0. The molecule has 132 heavy (non-hydrogen) atoms. The van der Waals surface area contributed by atoms with Crippen molar-refractivity contribution in [2.45, 2.75) is 105 Å². The smallest absolute Gasteiger partial charge is 0.0783 e. The van der Waals surface area contributed by atoms with Crippen molar-refractivity contribution in [2.75, 3.05) is 9.80 Å². The Morgan fingerprint density at radius 3 is 0.795 bits per heavy atom. The van der Waals surface area contributed by atoms with Gasteiger partial charge in [-0.3, -0.25) is 0 Å². The zero-order valence-corrected chi connectivity index (χ0v) is 76.9. The van der Waals surface area contributed by atoms with Crippen LogP contribution in [0.2, 0.25) is 0 Å². The second-order valence-corrected chi connectivity index (χ2v) is 40.0. The lowest BCUT2D eigenvalue weighted by Gasteiger charge is -2.33. The zero-order chi connectivity index (χ0) is 89.8. The van der Waals surface area contributed by atoms with E-state index in [0.717, 1.165) is 167 Å². The van der Waals surface area contributed by atoms with Crippen LogP contribution in [0.4, 0.5) is 34.1 Å². The van der Waals surface area contributed by atoms with Crippen LogP contribution in [0.3, 0.4) is 0 Å².